The van der Waals surface area contributed by atoms with E-state index in [1.165, 1.54) is 0 Å². The Morgan fingerprint density at radius 1 is 1.57 bits per heavy atom. The molecule has 21 heavy (non-hydrogen) atoms. The minimum absolute atomic E-state index is 0.0783. The molecule has 1 saturated heterocycles. The molecule has 2 N–H and O–H groups in total. The van der Waals surface area contributed by atoms with Crippen molar-refractivity contribution in [2.75, 3.05) is 19.6 Å². The molecule has 0 aliphatic carbocycles. The summed E-state index contributed by atoms with van der Waals surface area (Å²) in [5, 5.41) is 16.6. The quantitative estimate of drug-likeness (QED) is 0.656. The number of hydrogen-bond acceptors (Lipinski definition) is 4. The lowest BCUT2D eigenvalue weighted by Crippen LogP contribution is -2.45. The third-order valence-electron chi connectivity index (χ3n) is 3.77. The summed E-state index contributed by atoms with van der Waals surface area (Å²) in [6.45, 7) is 4.19. The standard InChI is InChI=1S/C14H18FN3O3/c1-14(5-2-6-16-8-14)9-17-13(19)11-7-10(18(20)21)3-4-12(11)15/h3-4,7,16H,2,5-6,8-9H2,1H3,(H,17,19). The molecule has 1 unspecified atom stereocenters. The Kier molecular flexibility index (Phi) is 4.52. The van der Waals surface area contributed by atoms with E-state index in [2.05, 4.69) is 10.6 Å². The number of piperidine rings is 1. The minimum atomic E-state index is -0.759. The summed E-state index contributed by atoms with van der Waals surface area (Å²) < 4.78 is 13.6. The largest absolute Gasteiger partial charge is 0.351 e. The molecule has 1 fully saturated rings. The van der Waals surface area contributed by atoms with Crippen molar-refractivity contribution in [3.8, 4) is 0 Å². The summed E-state index contributed by atoms with van der Waals surface area (Å²) in [6, 6.07) is 2.95. The smallest absolute Gasteiger partial charge is 0.270 e. The minimum Gasteiger partial charge on any atom is -0.351 e. The SMILES string of the molecule is CC1(CNC(=O)c2cc([N+](=O)[O-])ccc2F)CCCNC1. The van der Waals surface area contributed by atoms with Gasteiger partial charge >= 0.3 is 0 Å². The van der Waals surface area contributed by atoms with Crippen molar-refractivity contribution in [3.63, 3.8) is 0 Å². The number of nitrogens with one attached hydrogen (secondary N) is 2. The summed E-state index contributed by atoms with van der Waals surface area (Å²) in [5.41, 5.74) is -0.672. The Hall–Kier alpha value is -2.02. The van der Waals surface area contributed by atoms with Crippen molar-refractivity contribution >= 4 is 11.6 Å². The average molecular weight is 295 g/mol. The van der Waals surface area contributed by atoms with Gasteiger partial charge in [-0.05, 0) is 30.9 Å². The second kappa shape index (κ2) is 6.17. The number of nitrogens with zero attached hydrogens (tertiary/aromatic N) is 1. The molecule has 1 aliphatic heterocycles. The van der Waals surface area contributed by atoms with E-state index in [4.69, 9.17) is 0 Å². The van der Waals surface area contributed by atoms with Crippen LogP contribution in [0.25, 0.3) is 0 Å². The molecule has 0 saturated carbocycles. The molecule has 0 radical (unpaired) electrons. The Labute approximate surface area is 121 Å². The monoisotopic (exact) mass is 295 g/mol. The van der Waals surface area contributed by atoms with Gasteiger partial charge in [0.1, 0.15) is 5.82 Å². The molecule has 0 bridgehead atoms. The zero-order valence-electron chi connectivity index (χ0n) is 11.8. The van der Waals surface area contributed by atoms with E-state index in [9.17, 15) is 19.3 Å². The second-order valence-corrected chi connectivity index (χ2v) is 5.69. The maximum Gasteiger partial charge on any atom is 0.270 e. The summed E-state index contributed by atoms with van der Waals surface area (Å²) >= 11 is 0. The first-order valence-electron chi connectivity index (χ1n) is 6.84. The van der Waals surface area contributed by atoms with Gasteiger partial charge in [-0.2, -0.15) is 0 Å². The van der Waals surface area contributed by atoms with Gasteiger partial charge in [-0.25, -0.2) is 4.39 Å². The Balaban J connectivity index is 2.06. The molecule has 6 nitrogen and oxygen atoms in total. The van der Waals surface area contributed by atoms with Crippen molar-refractivity contribution in [3.05, 3.63) is 39.7 Å². The van der Waals surface area contributed by atoms with Crippen LogP contribution in [0.1, 0.15) is 30.1 Å². The Morgan fingerprint density at radius 3 is 2.95 bits per heavy atom. The van der Waals surface area contributed by atoms with Gasteiger partial charge in [0.15, 0.2) is 0 Å². The van der Waals surface area contributed by atoms with Crippen LogP contribution in [-0.2, 0) is 0 Å². The van der Waals surface area contributed by atoms with Gasteiger partial charge in [0.05, 0.1) is 10.5 Å². The van der Waals surface area contributed by atoms with E-state index in [1.54, 1.807) is 0 Å². The molecule has 0 aromatic heterocycles. The van der Waals surface area contributed by atoms with Crippen molar-refractivity contribution in [2.45, 2.75) is 19.8 Å². The van der Waals surface area contributed by atoms with Crippen LogP contribution in [0, 0.1) is 21.3 Å². The zero-order chi connectivity index (χ0) is 15.5. The van der Waals surface area contributed by atoms with Crippen LogP contribution in [0.4, 0.5) is 10.1 Å². The zero-order valence-corrected chi connectivity index (χ0v) is 11.8. The third kappa shape index (κ3) is 3.75. The predicted octanol–water partition coefficient (Wildman–Crippen LogP) is 1.85. The number of nitro benzene ring substituents is 1. The highest BCUT2D eigenvalue weighted by Gasteiger charge is 2.27. The van der Waals surface area contributed by atoms with Crippen molar-refractivity contribution in [2.24, 2.45) is 5.41 Å². The maximum atomic E-state index is 13.6. The fourth-order valence-electron chi connectivity index (χ4n) is 2.46. The number of hydrogen-bond donors (Lipinski definition) is 2. The van der Waals surface area contributed by atoms with Gasteiger partial charge in [-0.3, -0.25) is 14.9 Å². The number of nitro groups is 1. The Morgan fingerprint density at radius 2 is 2.33 bits per heavy atom. The number of carbonyl (C=O) groups excluding carboxylic acids is 1. The number of halogens is 1. The van der Waals surface area contributed by atoms with Crippen LogP contribution in [0.5, 0.6) is 0 Å². The first-order valence-corrected chi connectivity index (χ1v) is 6.84. The van der Waals surface area contributed by atoms with Gasteiger partial charge in [0.2, 0.25) is 0 Å². The number of carbonyl (C=O) groups is 1. The fraction of sp³-hybridized carbons (Fsp3) is 0.500. The molecular formula is C14H18FN3O3. The van der Waals surface area contributed by atoms with E-state index in [0.717, 1.165) is 44.1 Å². The highest BCUT2D eigenvalue weighted by molar-refractivity contribution is 5.95. The lowest BCUT2D eigenvalue weighted by Gasteiger charge is -2.34. The number of benzene rings is 1. The number of non-ortho nitro benzene ring substituents is 1. The molecule has 1 atom stereocenters. The molecular weight excluding hydrogens is 277 g/mol. The Bertz CT molecular complexity index is 556. The summed E-state index contributed by atoms with van der Waals surface area (Å²) in [5.74, 6) is -1.38. The van der Waals surface area contributed by atoms with E-state index in [0.29, 0.717) is 6.54 Å². The van der Waals surface area contributed by atoms with E-state index >= 15 is 0 Å². The van der Waals surface area contributed by atoms with Gasteiger partial charge in [-0.1, -0.05) is 6.92 Å². The van der Waals surface area contributed by atoms with Gasteiger partial charge in [-0.15, -0.1) is 0 Å². The van der Waals surface area contributed by atoms with Crippen molar-refractivity contribution in [1.29, 1.82) is 0 Å². The van der Waals surface area contributed by atoms with Crippen molar-refractivity contribution < 1.29 is 14.1 Å². The fourth-order valence-corrected chi connectivity index (χ4v) is 2.46. The lowest BCUT2D eigenvalue weighted by molar-refractivity contribution is -0.384. The van der Waals surface area contributed by atoms with Crippen molar-refractivity contribution in [1.82, 2.24) is 10.6 Å². The van der Waals surface area contributed by atoms with E-state index < -0.39 is 16.6 Å². The van der Waals surface area contributed by atoms with Gasteiger partial charge < -0.3 is 10.6 Å². The maximum absolute atomic E-state index is 13.6. The summed E-state index contributed by atoms with van der Waals surface area (Å²) in [4.78, 5) is 22.1. The van der Waals surface area contributed by atoms with Gasteiger partial charge in [0, 0.05) is 25.2 Å². The van der Waals surface area contributed by atoms with E-state index in [-0.39, 0.29) is 16.7 Å². The number of amides is 1. The highest BCUT2D eigenvalue weighted by Crippen LogP contribution is 2.24. The predicted molar refractivity (Wildman–Crippen MR) is 75.6 cm³/mol. The molecule has 1 amide bonds. The molecule has 1 aromatic carbocycles. The van der Waals surface area contributed by atoms with Crippen LogP contribution in [0.3, 0.4) is 0 Å². The highest BCUT2D eigenvalue weighted by atomic mass is 19.1. The topological polar surface area (TPSA) is 84.3 Å². The van der Waals surface area contributed by atoms with Crippen LogP contribution in [-0.4, -0.2) is 30.5 Å². The first kappa shape index (κ1) is 15.4. The molecule has 114 valence electrons. The summed E-state index contributed by atoms with van der Waals surface area (Å²) in [7, 11) is 0. The molecule has 7 heteroatoms. The molecule has 1 heterocycles. The third-order valence-corrected chi connectivity index (χ3v) is 3.77. The van der Waals surface area contributed by atoms with E-state index in [1.807, 2.05) is 6.92 Å². The molecule has 1 aromatic rings. The normalized spacial score (nSPS) is 21.8. The molecule has 2 rings (SSSR count). The van der Waals surface area contributed by atoms with Crippen LogP contribution in [0.15, 0.2) is 18.2 Å². The summed E-state index contributed by atoms with van der Waals surface area (Å²) in [6.07, 6.45) is 2.00. The lowest BCUT2D eigenvalue weighted by atomic mass is 9.83. The van der Waals surface area contributed by atoms with Crippen LogP contribution in [0.2, 0.25) is 0 Å². The first-order chi connectivity index (χ1) is 9.91. The van der Waals surface area contributed by atoms with Crippen LogP contribution < -0.4 is 10.6 Å². The molecule has 1 aliphatic rings. The number of rotatable bonds is 4. The second-order valence-electron chi connectivity index (χ2n) is 5.69. The van der Waals surface area contributed by atoms with Crippen LogP contribution >= 0.6 is 0 Å². The van der Waals surface area contributed by atoms with Gasteiger partial charge in [0.25, 0.3) is 11.6 Å². The molecule has 0 spiro atoms. The average Bonchev–Trinajstić information content (AvgIpc) is 2.46.